The van der Waals surface area contributed by atoms with Crippen molar-refractivity contribution >= 4 is 52.0 Å². The van der Waals surface area contributed by atoms with Crippen molar-refractivity contribution in [1.29, 1.82) is 0 Å². The number of hydrogen-bond acceptors (Lipinski definition) is 9. The Morgan fingerprint density at radius 2 is 1.61 bits per heavy atom. The first-order valence-electron chi connectivity index (χ1n) is 14.2. The van der Waals surface area contributed by atoms with E-state index in [9.17, 15) is 24.3 Å². The molecule has 0 unspecified atom stereocenters. The number of anilines is 3. The van der Waals surface area contributed by atoms with E-state index in [2.05, 4.69) is 10.3 Å². The van der Waals surface area contributed by atoms with Crippen molar-refractivity contribution in [1.82, 2.24) is 4.98 Å². The van der Waals surface area contributed by atoms with Gasteiger partial charge in [-0.1, -0.05) is 17.7 Å². The number of morpholine rings is 1. The van der Waals surface area contributed by atoms with Gasteiger partial charge in [0.2, 0.25) is 0 Å². The third-order valence-electron chi connectivity index (χ3n) is 6.40. The van der Waals surface area contributed by atoms with E-state index in [1.165, 1.54) is 17.2 Å². The summed E-state index contributed by atoms with van der Waals surface area (Å²) in [6.45, 7) is 12.4. The fraction of sp³-hybridized carbons (Fsp3) is 0.406. The maximum Gasteiger partial charge on any atom is 0.425 e. The number of nitrogens with zero attached hydrogens (tertiary/aromatic N) is 3. The zero-order valence-electron chi connectivity index (χ0n) is 25.9. The molecule has 0 spiro atoms. The number of imide groups is 1. The number of benzene rings is 2. The molecule has 2 N–H and O–H groups in total. The van der Waals surface area contributed by atoms with Crippen LogP contribution in [-0.4, -0.2) is 70.7 Å². The van der Waals surface area contributed by atoms with Gasteiger partial charge in [-0.2, -0.15) is 4.90 Å². The molecule has 0 saturated carbocycles. The molecule has 2 aromatic carbocycles. The SMILES string of the molecule is Cc1ccc(N2CCO[C@H]([C@@H](O)C(=O)Nc3ccc4c(N(C(=O)OC(C)(C)C)C(=O)OC(C)(C)C)nccc4c3)C2=O)cc1. The van der Waals surface area contributed by atoms with E-state index < -0.39 is 47.4 Å². The summed E-state index contributed by atoms with van der Waals surface area (Å²) >= 11 is 0. The quantitative estimate of drug-likeness (QED) is 0.412. The number of carbonyl (C=O) groups excluding carboxylic acids is 4. The Hall–Kier alpha value is -4.55. The summed E-state index contributed by atoms with van der Waals surface area (Å²) in [4.78, 5) is 59.0. The minimum atomic E-state index is -1.78. The third kappa shape index (κ3) is 7.69. The molecule has 12 heteroatoms. The maximum absolute atomic E-state index is 13.2. The normalized spacial score (nSPS) is 16.3. The van der Waals surface area contributed by atoms with Gasteiger partial charge in [0.25, 0.3) is 11.8 Å². The van der Waals surface area contributed by atoms with Gasteiger partial charge in [-0.3, -0.25) is 9.59 Å². The van der Waals surface area contributed by atoms with Gasteiger partial charge in [-0.25, -0.2) is 14.6 Å². The molecule has 234 valence electrons. The van der Waals surface area contributed by atoms with Gasteiger partial charge in [0.1, 0.15) is 11.2 Å². The minimum Gasteiger partial charge on any atom is -0.443 e. The molecule has 2 atom stereocenters. The summed E-state index contributed by atoms with van der Waals surface area (Å²) in [5.74, 6) is -1.39. The summed E-state index contributed by atoms with van der Waals surface area (Å²) in [6, 6.07) is 13.6. The standard InChI is InChI=1S/C32H38N4O8/c1-19-8-11-22(12-9-19)35-16-17-42-25(28(35)39)24(37)27(38)34-21-10-13-23-20(18-21)14-15-33-26(23)36(29(40)43-31(2,3)4)30(41)44-32(5,6)7/h8-15,18,24-25,37H,16-17H2,1-7H3,(H,34,38)/t24-,25-/m1/s1. The fourth-order valence-electron chi connectivity index (χ4n) is 4.45. The average Bonchev–Trinajstić information content (AvgIpc) is 2.91. The first kappa shape index (κ1) is 32.4. The van der Waals surface area contributed by atoms with E-state index in [1.54, 1.807) is 71.9 Å². The lowest BCUT2D eigenvalue weighted by Crippen LogP contribution is -2.55. The first-order chi connectivity index (χ1) is 20.5. The molecule has 44 heavy (non-hydrogen) atoms. The number of nitrogens with one attached hydrogen (secondary N) is 1. The number of carbonyl (C=O) groups is 4. The number of ether oxygens (including phenoxy) is 3. The molecule has 0 radical (unpaired) electrons. The lowest BCUT2D eigenvalue weighted by Gasteiger charge is -2.34. The van der Waals surface area contributed by atoms with Crippen LogP contribution in [0.5, 0.6) is 0 Å². The summed E-state index contributed by atoms with van der Waals surface area (Å²) in [5, 5.41) is 14.3. The molecule has 4 rings (SSSR count). The Balaban J connectivity index is 1.57. The lowest BCUT2D eigenvalue weighted by atomic mass is 10.1. The summed E-state index contributed by atoms with van der Waals surface area (Å²) in [7, 11) is 0. The number of aromatic nitrogens is 1. The van der Waals surface area contributed by atoms with E-state index in [-0.39, 0.29) is 19.0 Å². The molecule has 0 bridgehead atoms. The van der Waals surface area contributed by atoms with Gasteiger partial charge in [0.15, 0.2) is 18.0 Å². The van der Waals surface area contributed by atoms with Crippen LogP contribution in [0.3, 0.4) is 0 Å². The number of pyridine rings is 1. The van der Waals surface area contributed by atoms with Crippen molar-refractivity contribution in [2.24, 2.45) is 0 Å². The fourth-order valence-corrected chi connectivity index (χ4v) is 4.45. The number of rotatable bonds is 5. The van der Waals surface area contributed by atoms with Crippen LogP contribution >= 0.6 is 0 Å². The van der Waals surface area contributed by atoms with E-state index in [1.807, 2.05) is 19.1 Å². The van der Waals surface area contributed by atoms with Crippen LogP contribution < -0.4 is 15.1 Å². The van der Waals surface area contributed by atoms with Crippen LogP contribution in [0, 0.1) is 6.92 Å². The van der Waals surface area contributed by atoms with Crippen molar-refractivity contribution in [3.8, 4) is 0 Å². The second kappa shape index (κ2) is 12.6. The molecule has 1 aromatic heterocycles. The van der Waals surface area contributed by atoms with Crippen LogP contribution in [0.1, 0.15) is 47.1 Å². The first-order valence-corrected chi connectivity index (χ1v) is 14.2. The Morgan fingerprint density at radius 1 is 1.00 bits per heavy atom. The van der Waals surface area contributed by atoms with Crippen LogP contribution in [0.25, 0.3) is 10.8 Å². The van der Waals surface area contributed by atoms with Gasteiger partial charge in [0.05, 0.1) is 6.61 Å². The highest BCUT2D eigenvalue weighted by atomic mass is 16.6. The largest absolute Gasteiger partial charge is 0.443 e. The third-order valence-corrected chi connectivity index (χ3v) is 6.40. The number of hydrogen-bond donors (Lipinski definition) is 2. The molecular weight excluding hydrogens is 568 g/mol. The summed E-state index contributed by atoms with van der Waals surface area (Å²) in [6.07, 6.45) is -3.71. The van der Waals surface area contributed by atoms with E-state index >= 15 is 0 Å². The number of fused-ring (bicyclic) bond motifs is 1. The van der Waals surface area contributed by atoms with Crippen LogP contribution in [-0.2, 0) is 23.8 Å². The van der Waals surface area contributed by atoms with Gasteiger partial charge in [-0.15, -0.1) is 0 Å². The van der Waals surface area contributed by atoms with Crippen molar-refractivity contribution in [2.75, 3.05) is 28.3 Å². The maximum atomic E-state index is 13.2. The molecule has 2 heterocycles. The highest BCUT2D eigenvalue weighted by Gasteiger charge is 2.39. The Morgan fingerprint density at radius 3 is 2.20 bits per heavy atom. The molecule has 12 nitrogen and oxygen atoms in total. The number of aryl methyl sites for hydroxylation is 1. The van der Waals surface area contributed by atoms with Gasteiger partial charge >= 0.3 is 12.2 Å². The Kier molecular flexibility index (Phi) is 9.26. The highest BCUT2D eigenvalue weighted by molar-refractivity contribution is 6.14. The van der Waals surface area contributed by atoms with Gasteiger partial charge < -0.3 is 29.5 Å². The highest BCUT2D eigenvalue weighted by Crippen LogP contribution is 2.30. The molecule has 1 fully saturated rings. The Labute approximate surface area is 255 Å². The number of aliphatic hydroxyl groups is 1. The summed E-state index contributed by atoms with van der Waals surface area (Å²) in [5.41, 5.74) is 0.165. The smallest absolute Gasteiger partial charge is 0.425 e. The van der Waals surface area contributed by atoms with E-state index in [0.29, 0.717) is 22.1 Å². The second-order valence-electron chi connectivity index (χ2n) is 12.4. The van der Waals surface area contributed by atoms with Crippen LogP contribution in [0.15, 0.2) is 54.7 Å². The number of aliphatic hydroxyl groups excluding tert-OH is 1. The van der Waals surface area contributed by atoms with Crippen molar-refractivity contribution < 1.29 is 38.5 Å². The zero-order chi connectivity index (χ0) is 32.4. The van der Waals surface area contributed by atoms with Crippen LogP contribution in [0.2, 0.25) is 0 Å². The lowest BCUT2D eigenvalue weighted by molar-refractivity contribution is -0.150. The Bertz CT molecular complexity index is 1530. The predicted octanol–water partition coefficient (Wildman–Crippen LogP) is 4.95. The molecule has 1 saturated heterocycles. The topological polar surface area (TPSA) is 148 Å². The molecular formula is C32H38N4O8. The molecule has 4 amide bonds. The van der Waals surface area contributed by atoms with Crippen molar-refractivity contribution in [3.05, 3.63) is 60.3 Å². The average molecular weight is 607 g/mol. The molecule has 1 aliphatic heterocycles. The molecule has 0 aliphatic carbocycles. The zero-order valence-corrected chi connectivity index (χ0v) is 25.9. The number of amides is 4. The van der Waals surface area contributed by atoms with E-state index in [0.717, 1.165) is 10.5 Å². The molecule has 1 aliphatic rings. The minimum absolute atomic E-state index is 0.0266. The van der Waals surface area contributed by atoms with Gasteiger partial charge in [0, 0.05) is 29.5 Å². The molecule has 3 aromatic rings. The monoisotopic (exact) mass is 606 g/mol. The van der Waals surface area contributed by atoms with Crippen molar-refractivity contribution in [3.63, 3.8) is 0 Å². The van der Waals surface area contributed by atoms with Crippen LogP contribution in [0.4, 0.5) is 26.8 Å². The van der Waals surface area contributed by atoms with Gasteiger partial charge in [-0.05, 0) is 90.3 Å². The second-order valence-corrected chi connectivity index (χ2v) is 12.4. The predicted molar refractivity (Wildman–Crippen MR) is 165 cm³/mol. The van der Waals surface area contributed by atoms with Crippen molar-refractivity contribution in [2.45, 2.75) is 71.9 Å². The van der Waals surface area contributed by atoms with E-state index in [4.69, 9.17) is 14.2 Å². The summed E-state index contributed by atoms with van der Waals surface area (Å²) < 4.78 is 16.4.